The second kappa shape index (κ2) is 9.95. The van der Waals surface area contributed by atoms with Crippen LogP contribution in [0.5, 0.6) is 11.5 Å². The van der Waals surface area contributed by atoms with Crippen LogP contribution >= 0.6 is 0 Å². The van der Waals surface area contributed by atoms with E-state index in [0.717, 1.165) is 59.7 Å². The first kappa shape index (κ1) is 20.0. The second-order valence-corrected chi connectivity index (χ2v) is 6.63. The Bertz CT molecular complexity index is 917. The summed E-state index contributed by atoms with van der Waals surface area (Å²) in [4.78, 5) is 4.68. The minimum Gasteiger partial charge on any atom is -0.493 e. The van der Waals surface area contributed by atoms with Gasteiger partial charge in [0.05, 0.1) is 24.8 Å². The Labute approximate surface area is 166 Å². The van der Waals surface area contributed by atoms with E-state index in [2.05, 4.69) is 22.2 Å². The molecule has 0 bridgehead atoms. The molecule has 148 valence electrons. The number of hydrogen-bond donors (Lipinski definition) is 0. The Morgan fingerprint density at radius 2 is 1.93 bits per heavy atom. The van der Waals surface area contributed by atoms with Crippen LogP contribution in [-0.4, -0.2) is 30.4 Å². The largest absolute Gasteiger partial charge is 0.493 e. The van der Waals surface area contributed by atoms with E-state index in [1.54, 1.807) is 14.2 Å². The van der Waals surface area contributed by atoms with Crippen molar-refractivity contribution in [3.63, 3.8) is 0 Å². The Kier molecular flexibility index (Phi) is 7.09. The molecule has 0 saturated carbocycles. The number of aryl methyl sites for hydroxylation is 1. The third-order valence-corrected chi connectivity index (χ3v) is 4.65. The minimum atomic E-state index is 0.513. The van der Waals surface area contributed by atoms with E-state index in [-0.39, 0.29) is 0 Å². The normalized spacial score (nSPS) is 10.9. The van der Waals surface area contributed by atoms with Crippen LogP contribution in [0.4, 0.5) is 0 Å². The molecular formula is C23H28N2O3. The Hall–Kier alpha value is -2.79. The lowest BCUT2D eigenvalue weighted by Crippen LogP contribution is -2.07. The van der Waals surface area contributed by atoms with E-state index in [1.165, 1.54) is 0 Å². The number of benzene rings is 2. The molecule has 28 heavy (non-hydrogen) atoms. The van der Waals surface area contributed by atoms with Gasteiger partial charge in [-0.1, -0.05) is 24.3 Å². The summed E-state index contributed by atoms with van der Waals surface area (Å²) in [6.45, 7) is 5.82. The van der Waals surface area contributed by atoms with E-state index >= 15 is 0 Å². The van der Waals surface area contributed by atoms with Crippen molar-refractivity contribution in [2.75, 3.05) is 20.8 Å². The molecule has 5 heteroatoms. The van der Waals surface area contributed by atoms with Crippen molar-refractivity contribution in [3.05, 3.63) is 66.5 Å². The van der Waals surface area contributed by atoms with Crippen LogP contribution < -0.4 is 9.47 Å². The average molecular weight is 380 g/mol. The summed E-state index contributed by atoms with van der Waals surface area (Å²) >= 11 is 0. The third-order valence-electron chi connectivity index (χ3n) is 4.65. The number of imidazole rings is 1. The monoisotopic (exact) mass is 380 g/mol. The van der Waals surface area contributed by atoms with Crippen LogP contribution in [0.3, 0.4) is 0 Å². The number of allylic oxidation sites excluding steroid dienone is 1. The van der Waals surface area contributed by atoms with Crippen LogP contribution in [0.1, 0.15) is 24.2 Å². The van der Waals surface area contributed by atoms with Gasteiger partial charge < -0.3 is 18.8 Å². The number of ether oxygens (including phenoxy) is 3. The van der Waals surface area contributed by atoms with Gasteiger partial charge in [0.25, 0.3) is 0 Å². The summed E-state index contributed by atoms with van der Waals surface area (Å²) in [5, 5.41) is 0. The zero-order valence-corrected chi connectivity index (χ0v) is 16.7. The lowest BCUT2D eigenvalue weighted by Gasteiger charge is -2.12. The summed E-state index contributed by atoms with van der Waals surface area (Å²) in [7, 11) is 3.37. The first-order chi connectivity index (χ1) is 13.8. The van der Waals surface area contributed by atoms with E-state index < -0.39 is 0 Å². The molecule has 0 fully saturated rings. The van der Waals surface area contributed by atoms with Gasteiger partial charge in [0.2, 0.25) is 0 Å². The molecule has 0 spiro atoms. The fraction of sp³-hybridized carbons (Fsp3) is 0.348. The zero-order chi connectivity index (χ0) is 19.8. The van der Waals surface area contributed by atoms with Gasteiger partial charge in [-0.3, -0.25) is 0 Å². The van der Waals surface area contributed by atoms with Gasteiger partial charge in [-0.2, -0.15) is 0 Å². The number of fused-ring (bicyclic) bond motifs is 1. The average Bonchev–Trinajstić information content (AvgIpc) is 3.06. The molecule has 0 aliphatic heterocycles. The standard InChI is InChI=1S/C23H28N2O3/c1-4-9-18-12-13-21(22(16-18)27-3)28-15-8-7-14-25-20-11-6-5-10-19(20)24-23(25)17-26-2/h4-6,10-13,16H,1,7-9,14-15,17H2,2-3H3. The van der Waals surface area contributed by atoms with Crippen LogP contribution in [0.25, 0.3) is 11.0 Å². The van der Waals surface area contributed by atoms with Crippen molar-refractivity contribution < 1.29 is 14.2 Å². The van der Waals surface area contributed by atoms with Crippen LogP contribution in [0, 0.1) is 0 Å². The number of methoxy groups -OCH3 is 2. The SMILES string of the molecule is C=CCc1ccc(OCCCCn2c(COC)nc3ccccc32)c(OC)c1. The molecule has 0 N–H and O–H groups in total. The molecule has 0 aliphatic carbocycles. The van der Waals surface area contributed by atoms with Crippen LogP contribution in [0.15, 0.2) is 55.1 Å². The maximum Gasteiger partial charge on any atom is 0.161 e. The molecule has 3 aromatic rings. The van der Waals surface area contributed by atoms with Gasteiger partial charge in [-0.25, -0.2) is 4.98 Å². The third kappa shape index (κ3) is 4.73. The van der Waals surface area contributed by atoms with E-state index in [0.29, 0.717) is 13.2 Å². The molecule has 1 aromatic heterocycles. The Morgan fingerprint density at radius 1 is 1.07 bits per heavy atom. The van der Waals surface area contributed by atoms with Gasteiger partial charge in [0.1, 0.15) is 12.4 Å². The predicted octanol–water partition coefficient (Wildman–Crippen LogP) is 4.78. The predicted molar refractivity (Wildman–Crippen MR) is 112 cm³/mol. The molecule has 0 amide bonds. The molecule has 0 unspecified atom stereocenters. The number of rotatable bonds is 11. The van der Waals surface area contributed by atoms with Crippen molar-refractivity contribution in [2.45, 2.75) is 32.4 Å². The number of para-hydroxylation sites is 2. The van der Waals surface area contributed by atoms with Gasteiger partial charge in [-0.05, 0) is 49.1 Å². The highest BCUT2D eigenvalue weighted by Crippen LogP contribution is 2.28. The summed E-state index contributed by atoms with van der Waals surface area (Å²) < 4.78 is 18.9. The highest BCUT2D eigenvalue weighted by atomic mass is 16.5. The lowest BCUT2D eigenvalue weighted by molar-refractivity contribution is 0.174. The summed E-state index contributed by atoms with van der Waals surface area (Å²) in [6.07, 6.45) is 4.64. The van der Waals surface area contributed by atoms with Crippen molar-refractivity contribution >= 4 is 11.0 Å². The summed E-state index contributed by atoms with van der Waals surface area (Å²) in [6, 6.07) is 14.2. The zero-order valence-electron chi connectivity index (χ0n) is 16.7. The fourth-order valence-electron chi connectivity index (χ4n) is 3.29. The summed E-state index contributed by atoms with van der Waals surface area (Å²) in [5.41, 5.74) is 3.32. The Morgan fingerprint density at radius 3 is 2.71 bits per heavy atom. The first-order valence-corrected chi connectivity index (χ1v) is 9.60. The van der Waals surface area contributed by atoms with Gasteiger partial charge in [0, 0.05) is 13.7 Å². The molecule has 5 nitrogen and oxygen atoms in total. The van der Waals surface area contributed by atoms with Crippen LogP contribution in [0.2, 0.25) is 0 Å². The quantitative estimate of drug-likeness (QED) is 0.355. The molecule has 0 atom stereocenters. The van der Waals surface area contributed by atoms with E-state index in [1.807, 2.05) is 42.5 Å². The molecule has 0 radical (unpaired) electrons. The number of hydrogen-bond acceptors (Lipinski definition) is 4. The maximum absolute atomic E-state index is 5.95. The lowest BCUT2D eigenvalue weighted by atomic mass is 10.1. The smallest absolute Gasteiger partial charge is 0.161 e. The summed E-state index contributed by atoms with van der Waals surface area (Å²) in [5.74, 6) is 2.51. The second-order valence-electron chi connectivity index (χ2n) is 6.63. The van der Waals surface area contributed by atoms with Crippen LogP contribution in [-0.2, 0) is 24.3 Å². The van der Waals surface area contributed by atoms with Crippen molar-refractivity contribution in [3.8, 4) is 11.5 Å². The van der Waals surface area contributed by atoms with Crippen molar-refractivity contribution in [2.24, 2.45) is 0 Å². The molecule has 0 aliphatic rings. The molecular weight excluding hydrogens is 352 g/mol. The highest BCUT2D eigenvalue weighted by Gasteiger charge is 2.10. The fourth-order valence-corrected chi connectivity index (χ4v) is 3.29. The van der Waals surface area contributed by atoms with E-state index in [9.17, 15) is 0 Å². The van der Waals surface area contributed by atoms with Crippen molar-refractivity contribution in [1.29, 1.82) is 0 Å². The molecule has 1 heterocycles. The molecule has 0 saturated heterocycles. The van der Waals surface area contributed by atoms with E-state index in [4.69, 9.17) is 14.2 Å². The minimum absolute atomic E-state index is 0.513. The maximum atomic E-state index is 5.95. The number of aromatic nitrogens is 2. The first-order valence-electron chi connectivity index (χ1n) is 9.60. The van der Waals surface area contributed by atoms with Gasteiger partial charge in [0.15, 0.2) is 11.5 Å². The highest BCUT2D eigenvalue weighted by molar-refractivity contribution is 5.75. The van der Waals surface area contributed by atoms with Gasteiger partial charge in [-0.15, -0.1) is 6.58 Å². The molecule has 3 rings (SSSR count). The van der Waals surface area contributed by atoms with Gasteiger partial charge >= 0.3 is 0 Å². The number of unbranched alkanes of at least 4 members (excludes halogenated alkanes) is 1. The van der Waals surface area contributed by atoms with Crippen molar-refractivity contribution in [1.82, 2.24) is 9.55 Å². The molecule has 2 aromatic carbocycles. The Balaban J connectivity index is 1.56. The number of nitrogens with zero attached hydrogens (tertiary/aromatic N) is 2. The topological polar surface area (TPSA) is 45.5 Å².